The van der Waals surface area contributed by atoms with Crippen LogP contribution in [0.2, 0.25) is 0 Å². The Kier molecular flexibility index (Phi) is 8.75. The molecule has 4 N–H and O–H groups in total. The predicted octanol–water partition coefficient (Wildman–Crippen LogP) is 1.78. The largest absolute Gasteiger partial charge is 0.484 e. The van der Waals surface area contributed by atoms with Gasteiger partial charge in [0.05, 0.1) is 0 Å². The van der Waals surface area contributed by atoms with Crippen LogP contribution in [0, 0.1) is 0 Å². The number of aliphatic imine (C=N–C) groups is 1. The second-order valence-corrected chi connectivity index (χ2v) is 5.45. The molecule has 23 heavy (non-hydrogen) atoms. The smallest absolute Gasteiger partial charge is 0.255 e. The molecule has 1 amide bonds. The molecule has 1 aliphatic carbocycles. The van der Waals surface area contributed by atoms with E-state index in [9.17, 15) is 4.79 Å². The summed E-state index contributed by atoms with van der Waals surface area (Å²) in [5.41, 5.74) is 6.12. The van der Waals surface area contributed by atoms with Gasteiger partial charge in [-0.3, -0.25) is 9.79 Å². The highest BCUT2D eigenvalue weighted by Crippen LogP contribution is 2.17. The van der Waals surface area contributed by atoms with Crippen molar-refractivity contribution in [3.8, 4) is 5.75 Å². The molecule has 1 fully saturated rings. The summed E-state index contributed by atoms with van der Waals surface area (Å²) in [5, 5.41) is 6.73. The van der Waals surface area contributed by atoms with Crippen LogP contribution in [0.1, 0.15) is 31.2 Å². The van der Waals surface area contributed by atoms with Crippen molar-refractivity contribution >= 4 is 35.8 Å². The zero-order chi connectivity index (χ0) is 15.8. The van der Waals surface area contributed by atoms with Gasteiger partial charge in [-0.2, -0.15) is 0 Å². The highest BCUT2D eigenvalue weighted by molar-refractivity contribution is 14.0. The summed E-state index contributed by atoms with van der Waals surface area (Å²) >= 11 is 0. The average Bonchev–Trinajstić information content (AvgIpc) is 3.03. The van der Waals surface area contributed by atoms with Crippen molar-refractivity contribution < 1.29 is 9.53 Å². The maximum absolute atomic E-state index is 10.7. The minimum atomic E-state index is -0.482. The Morgan fingerprint density at radius 1 is 1.39 bits per heavy atom. The molecular weight excluding hydrogens is 407 g/mol. The fraction of sp³-hybridized carbons (Fsp3) is 0.500. The molecule has 0 spiro atoms. The Bertz CT molecular complexity index is 531. The number of halogens is 1. The number of ether oxygens (including phenoxy) is 1. The molecule has 0 aromatic heterocycles. The van der Waals surface area contributed by atoms with Gasteiger partial charge in [-0.15, -0.1) is 24.0 Å². The van der Waals surface area contributed by atoms with Crippen molar-refractivity contribution in [2.45, 2.75) is 38.3 Å². The number of nitrogens with zero attached hydrogens (tertiary/aromatic N) is 1. The Balaban J connectivity index is 0.00000264. The number of nitrogens with one attached hydrogen (secondary N) is 2. The third kappa shape index (κ3) is 7.06. The standard InChI is InChI=1S/C16H24N4O2.HI/c1-18-16(20-13-6-2-3-7-13)19-10-12-5-4-8-14(9-12)22-11-15(17)21;/h4-5,8-9,13H,2-3,6-7,10-11H2,1H3,(H2,17,21)(H2,18,19,20);1H. The first-order chi connectivity index (χ1) is 10.7. The lowest BCUT2D eigenvalue weighted by molar-refractivity contribution is -0.119. The lowest BCUT2D eigenvalue weighted by Gasteiger charge is -2.17. The number of hydrogen-bond acceptors (Lipinski definition) is 3. The molecule has 0 saturated heterocycles. The fourth-order valence-corrected chi connectivity index (χ4v) is 2.54. The van der Waals surface area contributed by atoms with E-state index < -0.39 is 5.91 Å². The van der Waals surface area contributed by atoms with Gasteiger partial charge in [0.15, 0.2) is 12.6 Å². The van der Waals surface area contributed by atoms with E-state index in [4.69, 9.17) is 10.5 Å². The van der Waals surface area contributed by atoms with Crippen LogP contribution in [-0.4, -0.2) is 31.6 Å². The van der Waals surface area contributed by atoms with Crippen molar-refractivity contribution in [3.63, 3.8) is 0 Å². The first-order valence-corrected chi connectivity index (χ1v) is 7.64. The molecule has 0 heterocycles. The molecule has 0 aliphatic heterocycles. The monoisotopic (exact) mass is 432 g/mol. The second kappa shape index (κ2) is 10.3. The first-order valence-electron chi connectivity index (χ1n) is 7.64. The van der Waals surface area contributed by atoms with Crippen LogP contribution in [0.25, 0.3) is 0 Å². The minimum absolute atomic E-state index is 0. The van der Waals surface area contributed by atoms with E-state index >= 15 is 0 Å². The SMILES string of the molecule is CN=C(NCc1cccc(OCC(N)=O)c1)NC1CCCC1.I. The molecule has 0 radical (unpaired) electrons. The zero-order valence-electron chi connectivity index (χ0n) is 13.4. The van der Waals surface area contributed by atoms with Crippen LogP contribution in [0.3, 0.4) is 0 Å². The van der Waals surface area contributed by atoms with Crippen LogP contribution < -0.4 is 21.1 Å². The molecule has 1 aliphatic rings. The van der Waals surface area contributed by atoms with Gasteiger partial charge in [0, 0.05) is 19.6 Å². The summed E-state index contributed by atoms with van der Waals surface area (Å²) in [4.78, 5) is 15.0. The Labute approximate surface area is 154 Å². The van der Waals surface area contributed by atoms with E-state index in [0.29, 0.717) is 18.3 Å². The maximum Gasteiger partial charge on any atom is 0.255 e. The highest BCUT2D eigenvalue weighted by Gasteiger charge is 2.15. The number of benzene rings is 1. The normalized spacial score (nSPS) is 14.9. The lowest BCUT2D eigenvalue weighted by Crippen LogP contribution is -2.41. The summed E-state index contributed by atoms with van der Waals surface area (Å²) in [6, 6.07) is 8.10. The molecule has 1 aromatic rings. The summed E-state index contributed by atoms with van der Waals surface area (Å²) in [6.45, 7) is 0.530. The molecule has 0 bridgehead atoms. The summed E-state index contributed by atoms with van der Waals surface area (Å²) < 4.78 is 5.30. The van der Waals surface area contributed by atoms with Gasteiger partial charge < -0.3 is 21.1 Å². The second-order valence-electron chi connectivity index (χ2n) is 5.45. The van der Waals surface area contributed by atoms with Gasteiger partial charge in [-0.05, 0) is 30.5 Å². The predicted molar refractivity (Wildman–Crippen MR) is 102 cm³/mol. The molecule has 7 heteroatoms. The van der Waals surface area contributed by atoms with Crippen molar-refractivity contribution in [1.29, 1.82) is 0 Å². The molecule has 0 atom stereocenters. The molecule has 128 valence electrons. The van der Waals surface area contributed by atoms with Gasteiger partial charge in [-0.25, -0.2) is 0 Å². The number of primary amides is 1. The van der Waals surface area contributed by atoms with Crippen molar-refractivity contribution in [1.82, 2.24) is 10.6 Å². The first kappa shape index (κ1) is 19.5. The summed E-state index contributed by atoms with van der Waals surface area (Å²) in [6.07, 6.45) is 4.98. The molecule has 1 saturated carbocycles. The third-order valence-corrected chi connectivity index (χ3v) is 3.66. The zero-order valence-corrected chi connectivity index (χ0v) is 15.7. The Morgan fingerprint density at radius 2 is 2.13 bits per heavy atom. The van der Waals surface area contributed by atoms with E-state index in [1.165, 1.54) is 25.7 Å². The highest BCUT2D eigenvalue weighted by atomic mass is 127. The summed E-state index contributed by atoms with van der Waals surface area (Å²) in [7, 11) is 1.77. The molecule has 2 rings (SSSR count). The van der Waals surface area contributed by atoms with Crippen molar-refractivity contribution in [2.24, 2.45) is 10.7 Å². The number of hydrogen-bond donors (Lipinski definition) is 3. The lowest BCUT2D eigenvalue weighted by atomic mass is 10.2. The molecule has 1 aromatic carbocycles. The minimum Gasteiger partial charge on any atom is -0.484 e. The Morgan fingerprint density at radius 3 is 2.78 bits per heavy atom. The van der Waals surface area contributed by atoms with Crippen LogP contribution >= 0.6 is 24.0 Å². The third-order valence-electron chi connectivity index (χ3n) is 3.66. The van der Waals surface area contributed by atoms with Gasteiger partial charge in [0.1, 0.15) is 5.75 Å². The fourth-order valence-electron chi connectivity index (χ4n) is 2.54. The molecule has 0 unspecified atom stereocenters. The van der Waals surface area contributed by atoms with Crippen LogP contribution in [0.5, 0.6) is 5.75 Å². The van der Waals surface area contributed by atoms with Crippen LogP contribution in [0.4, 0.5) is 0 Å². The van der Waals surface area contributed by atoms with Crippen molar-refractivity contribution in [3.05, 3.63) is 29.8 Å². The maximum atomic E-state index is 10.7. The quantitative estimate of drug-likeness (QED) is 0.363. The van der Waals surface area contributed by atoms with Gasteiger partial charge in [0.25, 0.3) is 5.91 Å². The van der Waals surface area contributed by atoms with E-state index in [0.717, 1.165) is 11.5 Å². The van der Waals surface area contributed by atoms with Crippen LogP contribution in [0.15, 0.2) is 29.3 Å². The van der Waals surface area contributed by atoms with E-state index in [1.807, 2.05) is 18.2 Å². The number of carbonyl (C=O) groups is 1. The van der Waals surface area contributed by atoms with E-state index in [1.54, 1.807) is 13.1 Å². The number of rotatable bonds is 6. The Hall–Kier alpha value is -1.51. The number of nitrogens with two attached hydrogens (primary N) is 1. The van der Waals surface area contributed by atoms with Crippen molar-refractivity contribution in [2.75, 3.05) is 13.7 Å². The summed E-state index contributed by atoms with van der Waals surface area (Å²) in [5.74, 6) is 0.969. The molecule has 6 nitrogen and oxygen atoms in total. The molecular formula is C16H25IN4O2. The van der Waals surface area contributed by atoms with Gasteiger partial charge in [0.2, 0.25) is 0 Å². The number of guanidine groups is 1. The topological polar surface area (TPSA) is 88.7 Å². The number of amides is 1. The van der Waals surface area contributed by atoms with Gasteiger partial charge >= 0.3 is 0 Å². The van der Waals surface area contributed by atoms with E-state index in [2.05, 4.69) is 15.6 Å². The van der Waals surface area contributed by atoms with Crippen LogP contribution in [-0.2, 0) is 11.3 Å². The average molecular weight is 432 g/mol. The van der Waals surface area contributed by atoms with Gasteiger partial charge in [-0.1, -0.05) is 25.0 Å². The number of carbonyl (C=O) groups excluding carboxylic acids is 1. The van der Waals surface area contributed by atoms with E-state index in [-0.39, 0.29) is 30.6 Å².